The van der Waals surface area contributed by atoms with Crippen LogP contribution < -0.4 is 5.32 Å². The summed E-state index contributed by atoms with van der Waals surface area (Å²) in [7, 11) is 0. The van der Waals surface area contributed by atoms with Crippen LogP contribution in [-0.2, 0) is 4.79 Å². The fourth-order valence-corrected chi connectivity index (χ4v) is 2.34. The number of nitrogens with one attached hydrogen (secondary N) is 1. The molecule has 0 fully saturated rings. The van der Waals surface area contributed by atoms with Crippen LogP contribution in [0, 0.1) is 5.92 Å². The van der Waals surface area contributed by atoms with Crippen LogP contribution in [0.15, 0.2) is 48.9 Å². The van der Waals surface area contributed by atoms with Crippen LogP contribution in [0.1, 0.15) is 19.3 Å². The first-order chi connectivity index (χ1) is 9.84. The summed E-state index contributed by atoms with van der Waals surface area (Å²) in [5, 5.41) is 7.13. The van der Waals surface area contributed by atoms with Crippen molar-refractivity contribution in [2.75, 3.05) is 5.32 Å². The summed E-state index contributed by atoms with van der Waals surface area (Å²) in [6.45, 7) is 0. The molecule has 1 N–H and O–H groups in total. The molecule has 102 valence electrons. The lowest BCUT2D eigenvalue weighted by Crippen LogP contribution is -2.24. The molecule has 0 aromatic carbocycles. The lowest BCUT2D eigenvalue weighted by molar-refractivity contribution is -0.120. The second kappa shape index (κ2) is 5.69. The van der Waals surface area contributed by atoms with E-state index in [0.717, 1.165) is 19.3 Å². The summed E-state index contributed by atoms with van der Waals surface area (Å²) in [6, 6.07) is 5.48. The minimum atomic E-state index is 0.0469. The Hall–Kier alpha value is -2.43. The van der Waals surface area contributed by atoms with Gasteiger partial charge in [-0.3, -0.25) is 4.79 Å². The van der Waals surface area contributed by atoms with Crippen LogP contribution in [0.2, 0.25) is 0 Å². The maximum absolute atomic E-state index is 12.3. The number of anilines is 1. The van der Waals surface area contributed by atoms with E-state index in [0.29, 0.717) is 11.5 Å². The number of allylic oxidation sites excluding steroid dienone is 2. The Morgan fingerprint density at radius 1 is 1.30 bits per heavy atom. The SMILES string of the molecule is O=C(Nc1cccnc1-n1cccn1)[C@@H]1CC=CCC1. The normalized spacial score (nSPS) is 17.9. The average Bonchev–Trinajstić information content (AvgIpc) is 3.03. The summed E-state index contributed by atoms with van der Waals surface area (Å²) in [6.07, 6.45) is 12.1. The van der Waals surface area contributed by atoms with Gasteiger partial charge in [0.15, 0.2) is 5.82 Å². The molecule has 0 unspecified atom stereocenters. The number of hydrogen-bond donors (Lipinski definition) is 1. The van der Waals surface area contributed by atoms with Crippen LogP contribution in [-0.4, -0.2) is 20.7 Å². The van der Waals surface area contributed by atoms with Crippen LogP contribution in [0.4, 0.5) is 5.69 Å². The first-order valence-corrected chi connectivity index (χ1v) is 6.75. The molecule has 3 rings (SSSR count). The highest BCUT2D eigenvalue weighted by molar-refractivity contribution is 5.94. The van der Waals surface area contributed by atoms with Crippen molar-refractivity contribution >= 4 is 11.6 Å². The van der Waals surface area contributed by atoms with E-state index in [1.807, 2.05) is 18.2 Å². The molecule has 5 heteroatoms. The zero-order valence-corrected chi connectivity index (χ0v) is 11.1. The smallest absolute Gasteiger partial charge is 0.227 e. The van der Waals surface area contributed by atoms with Crippen LogP contribution >= 0.6 is 0 Å². The Bertz CT molecular complexity index is 619. The van der Waals surface area contributed by atoms with Gasteiger partial charge in [-0.2, -0.15) is 5.10 Å². The Kier molecular flexibility index (Phi) is 3.58. The summed E-state index contributed by atoms with van der Waals surface area (Å²) >= 11 is 0. The van der Waals surface area contributed by atoms with E-state index in [1.165, 1.54) is 0 Å². The lowest BCUT2D eigenvalue weighted by Gasteiger charge is -2.18. The van der Waals surface area contributed by atoms with Crippen molar-refractivity contribution in [2.45, 2.75) is 19.3 Å². The first-order valence-electron chi connectivity index (χ1n) is 6.75. The number of carbonyl (C=O) groups is 1. The minimum absolute atomic E-state index is 0.0469. The van der Waals surface area contributed by atoms with E-state index >= 15 is 0 Å². The van der Waals surface area contributed by atoms with Gasteiger partial charge >= 0.3 is 0 Å². The number of hydrogen-bond acceptors (Lipinski definition) is 3. The first kappa shape index (κ1) is 12.6. The van der Waals surface area contributed by atoms with Gasteiger partial charge in [0, 0.05) is 24.5 Å². The predicted octanol–water partition coefficient (Wildman–Crippen LogP) is 2.56. The van der Waals surface area contributed by atoms with Gasteiger partial charge in [-0.1, -0.05) is 12.2 Å². The summed E-state index contributed by atoms with van der Waals surface area (Å²) < 4.78 is 1.65. The Balaban J connectivity index is 1.81. The fourth-order valence-electron chi connectivity index (χ4n) is 2.34. The number of aromatic nitrogens is 3. The molecule has 5 nitrogen and oxygen atoms in total. The molecule has 20 heavy (non-hydrogen) atoms. The molecule has 0 aliphatic heterocycles. The van der Waals surface area contributed by atoms with Crippen molar-refractivity contribution < 1.29 is 4.79 Å². The standard InChI is InChI=1S/C15H16N4O/c20-15(12-6-2-1-3-7-12)18-13-8-4-9-16-14(13)19-11-5-10-17-19/h1-2,4-5,8-12H,3,6-7H2,(H,18,20)/t12-/m1/s1. The number of nitrogens with zero attached hydrogens (tertiary/aromatic N) is 3. The van der Waals surface area contributed by atoms with Gasteiger partial charge in [-0.25, -0.2) is 9.67 Å². The molecule has 0 saturated heterocycles. The highest BCUT2D eigenvalue weighted by atomic mass is 16.1. The molecule has 1 amide bonds. The van der Waals surface area contributed by atoms with Crippen molar-refractivity contribution in [3.8, 4) is 5.82 Å². The highest BCUT2D eigenvalue weighted by Gasteiger charge is 2.20. The Morgan fingerprint density at radius 3 is 3.00 bits per heavy atom. The molecule has 0 radical (unpaired) electrons. The maximum atomic E-state index is 12.3. The third kappa shape index (κ3) is 2.61. The Morgan fingerprint density at radius 2 is 2.25 bits per heavy atom. The van der Waals surface area contributed by atoms with Gasteiger partial charge in [0.1, 0.15) is 0 Å². The molecular weight excluding hydrogens is 252 g/mol. The monoisotopic (exact) mass is 268 g/mol. The summed E-state index contributed by atoms with van der Waals surface area (Å²) in [5.41, 5.74) is 0.691. The molecule has 0 spiro atoms. The van der Waals surface area contributed by atoms with E-state index in [2.05, 4.69) is 27.6 Å². The quantitative estimate of drug-likeness (QED) is 0.870. The molecule has 2 heterocycles. The predicted molar refractivity (Wildman–Crippen MR) is 76.5 cm³/mol. The number of pyridine rings is 1. The zero-order chi connectivity index (χ0) is 13.8. The average molecular weight is 268 g/mol. The maximum Gasteiger partial charge on any atom is 0.227 e. The number of rotatable bonds is 3. The zero-order valence-electron chi connectivity index (χ0n) is 11.1. The molecular formula is C15H16N4O. The molecule has 2 aromatic heterocycles. The van der Waals surface area contributed by atoms with Crippen molar-refractivity contribution in [1.29, 1.82) is 0 Å². The highest BCUT2D eigenvalue weighted by Crippen LogP contribution is 2.22. The number of carbonyl (C=O) groups excluding carboxylic acids is 1. The van der Waals surface area contributed by atoms with E-state index in [9.17, 15) is 4.79 Å². The van der Waals surface area contributed by atoms with Crippen molar-refractivity contribution in [3.63, 3.8) is 0 Å². The molecule has 0 saturated carbocycles. The van der Waals surface area contributed by atoms with E-state index in [1.54, 1.807) is 23.3 Å². The van der Waals surface area contributed by atoms with Gasteiger partial charge in [0.2, 0.25) is 5.91 Å². The van der Waals surface area contributed by atoms with Crippen molar-refractivity contribution in [2.24, 2.45) is 5.92 Å². The van der Waals surface area contributed by atoms with Crippen molar-refractivity contribution in [1.82, 2.24) is 14.8 Å². The molecule has 1 aliphatic rings. The van der Waals surface area contributed by atoms with Gasteiger partial charge < -0.3 is 5.32 Å². The molecule has 2 aromatic rings. The summed E-state index contributed by atoms with van der Waals surface area (Å²) in [4.78, 5) is 16.6. The lowest BCUT2D eigenvalue weighted by atomic mass is 9.93. The number of amides is 1. The third-order valence-corrected chi connectivity index (χ3v) is 3.41. The second-order valence-electron chi connectivity index (χ2n) is 4.80. The van der Waals surface area contributed by atoms with Gasteiger partial charge in [-0.05, 0) is 37.5 Å². The van der Waals surface area contributed by atoms with Crippen LogP contribution in [0.5, 0.6) is 0 Å². The molecule has 1 atom stereocenters. The van der Waals surface area contributed by atoms with Crippen LogP contribution in [0.3, 0.4) is 0 Å². The molecule has 0 bridgehead atoms. The third-order valence-electron chi connectivity index (χ3n) is 3.41. The van der Waals surface area contributed by atoms with E-state index in [-0.39, 0.29) is 11.8 Å². The second-order valence-corrected chi connectivity index (χ2v) is 4.80. The van der Waals surface area contributed by atoms with Crippen molar-refractivity contribution in [3.05, 3.63) is 48.9 Å². The topological polar surface area (TPSA) is 59.8 Å². The van der Waals surface area contributed by atoms with Gasteiger partial charge in [0.25, 0.3) is 0 Å². The van der Waals surface area contributed by atoms with E-state index in [4.69, 9.17) is 0 Å². The Labute approximate surface area is 117 Å². The molecule has 1 aliphatic carbocycles. The van der Waals surface area contributed by atoms with Gasteiger partial charge in [-0.15, -0.1) is 0 Å². The fraction of sp³-hybridized carbons (Fsp3) is 0.267. The van der Waals surface area contributed by atoms with E-state index < -0.39 is 0 Å². The summed E-state index contributed by atoms with van der Waals surface area (Å²) in [5.74, 6) is 0.735. The minimum Gasteiger partial charge on any atom is -0.323 e. The van der Waals surface area contributed by atoms with Gasteiger partial charge in [0.05, 0.1) is 5.69 Å². The largest absolute Gasteiger partial charge is 0.323 e. The van der Waals surface area contributed by atoms with Crippen LogP contribution in [0.25, 0.3) is 5.82 Å².